The first-order valence-corrected chi connectivity index (χ1v) is 7.21. The summed E-state index contributed by atoms with van der Waals surface area (Å²) in [6.07, 6.45) is -4.60. The van der Waals surface area contributed by atoms with Crippen LogP contribution in [0.4, 0.5) is 27.6 Å². The summed E-state index contributed by atoms with van der Waals surface area (Å²) in [5.74, 6) is -3.42. The van der Waals surface area contributed by atoms with Gasteiger partial charge in [0.05, 0.1) is 5.56 Å². The first-order valence-electron chi connectivity index (χ1n) is 6.42. The summed E-state index contributed by atoms with van der Waals surface area (Å²) in [5.41, 5.74) is -1.00. The molecule has 0 radical (unpaired) electrons. The van der Waals surface area contributed by atoms with E-state index in [0.717, 1.165) is 24.3 Å². The Morgan fingerprint density at radius 3 is 2.33 bits per heavy atom. The molecule has 0 heterocycles. The maximum Gasteiger partial charge on any atom is 0.422 e. The van der Waals surface area contributed by atoms with E-state index in [1.165, 1.54) is 12.1 Å². The van der Waals surface area contributed by atoms with Crippen molar-refractivity contribution in [1.82, 2.24) is 0 Å². The summed E-state index contributed by atoms with van der Waals surface area (Å²) < 4.78 is 68.9. The van der Waals surface area contributed by atoms with Crippen molar-refractivity contribution in [3.05, 3.63) is 58.1 Å². The van der Waals surface area contributed by atoms with Crippen LogP contribution in [0.25, 0.3) is 0 Å². The van der Waals surface area contributed by atoms with E-state index in [2.05, 4.69) is 20.7 Å². The number of nitrogens with one attached hydrogen (secondary N) is 1. The molecule has 0 atom stereocenters. The molecule has 0 aliphatic carbocycles. The zero-order chi connectivity index (χ0) is 17.9. The van der Waals surface area contributed by atoms with E-state index in [0.29, 0.717) is 4.47 Å². The monoisotopic (exact) mass is 409 g/mol. The molecule has 2 rings (SSSR count). The van der Waals surface area contributed by atoms with Gasteiger partial charge in [-0.3, -0.25) is 4.79 Å². The van der Waals surface area contributed by atoms with Gasteiger partial charge in [-0.1, -0.05) is 22.0 Å². The summed E-state index contributed by atoms with van der Waals surface area (Å²) in [7, 11) is 0. The number of anilines is 1. The van der Waals surface area contributed by atoms with Gasteiger partial charge in [0.15, 0.2) is 6.61 Å². The fraction of sp³-hybridized carbons (Fsp3) is 0.133. The highest BCUT2D eigenvalue weighted by Crippen LogP contribution is 2.28. The molecule has 2 aromatic carbocycles. The molecule has 0 aliphatic rings. The third-order valence-corrected chi connectivity index (χ3v) is 3.27. The van der Waals surface area contributed by atoms with Crippen molar-refractivity contribution in [2.75, 3.05) is 11.9 Å². The van der Waals surface area contributed by atoms with Gasteiger partial charge in [-0.2, -0.15) is 13.2 Å². The van der Waals surface area contributed by atoms with Gasteiger partial charge in [0, 0.05) is 4.47 Å². The second-order valence-corrected chi connectivity index (χ2v) is 5.51. The minimum atomic E-state index is -4.60. The Morgan fingerprint density at radius 2 is 1.75 bits per heavy atom. The van der Waals surface area contributed by atoms with Crippen LogP contribution < -0.4 is 10.1 Å². The number of benzene rings is 2. The Kier molecular flexibility index (Phi) is 5.43. The van der Waals surface area contributed by atoms with Gasteiger partial charge in [-0.25, -0.2) is 8.78 Å². The van der Waals surface area contributed by atoms with Crippen LogP contribution in [0.5, 0.6) is 5.75 Å². The Hall–Kier alpha value is -2.16. The number of amides is 1. The second kappa shape index (κ2) is 7.16. The predicted molar refractivity (Wildman–Crippen MR) is 80.0 cm³/mol. The largest absolute Gasteiger partial charge is 0.483 e. The van der Waals surface area contributed by atoms with Crippen molar-refractivity contribution >= 4 is 27.5 Å². The fourth-order valence-corrected chi connectivity index (χ4v) is 2.10. The van der Waals surface area contributed by atoms with Crippen molar-refractivity contribution in [3.63, 3.8) is 0 Å². The summed E-state index contributed by atoms with van der Waals surface area (Å²) in [5, 5.41) is 1.99. The molecular weight excluding hydrogens is 401 g/mol. The zero-order valence-corrected chi connectivity index (χ0v) is 13.3. The lowest BCUT2D eigenvalue weighted by Gasteiger charge is -2.14. The van der Waals surface area contributed by atoms with Gasteiger partial charge in [0.25, 0.3) is 5.91 Å². The Labute approximate surface area is 141 Å². The number of carbonyl (C=O) groups is 1. The highest BCUT2D eigenvalue weighted by atomic mass is 79.9. The van der Waals surface area contributed by atoms with Gasteiger partial charge in [0.2, 0.25) is 0 Å². The van der Waals surface area contributed by atoms with Crippen LogP contribution in [-0.2, 0) is 0 Å². The lowest BCUT2D eigenvalue weighted by atomic mass is 10.1. The number of carbonyl (C=O) groups excluding carboxylic acids is 1. The third-order valence-electron chi connectivity index (χ3n) is 2.78. The van der Waals surface area contributed by atoms with E-state index in [4.69, 9.17) is 0 Å². The SMILES string of the molecule is O=C(Nc1c(F)cccc1F)c1ccc(Br)cc1OCC(F)(F)F. The molecule has 1 N–H and O–H groups in total. The molecule has 0 fully saturated rings. The number of halogens is 6. The molecule has 128 valence electrons. The highest BCUT2D eigenvalue weighted by Gasteiger charge is 2.29. The lowest BCUT2D eigenvalue weighted by molar-refractivity contribution is -0.153. The van der Waals surface area contributed by atoms with Crippen LogP contribution in [0.2, 0.25) is 0 Å². The molecule has 2 aromatic rings. The van der Waals surface area contributed by atoms with Crippen LogP contribution in [0.3, 0.4) is 0 Å². The quantitative estimate of drug-likeness (QED) is 0.727. The maximum atomic E-state index is 13.6. The summed E-state index contributed by atoms with van der Waals surface area (Å²) >= 11 is 3.04. The number of alkyl halides is 3. The van der Waals surface area contributed by atoms with E-state index >= 15 is 0 Å². The van der Waals surface area contributed by atoms with Gasteiger partial charge in [-0.05, 0) is 30.3 Å². The van der Waals surface area contributed by atoms with Crippen molar-refractivity contribution in [2.24, 2.45) is 0 Å². The third kappa shape index (κ3) is 4.67. The smallest absolute Gasteiger partial charge is 0.422 e. The molecule has 24 heavy (non-hydrogen) atoms. The summed E-state index contributed by atoms with van der Waals surface area (Å²) in [6.45, 7) is -1.61. The van der Waals surface area contributed by atoms with Crippen LogP contribution >= 0.6 is 15.9 Å². The van der Waals surface area contributed by atoms with Crippen molar-refractivity contribution < 1.29 is 31.5 Å². The van der Waals surface area contributed by atoms with Crippen LogP contribution in [0, 0.1) is 11.6 Å². The number of para-hydroxylation sites is 1. The van der Waals surface area contributed by atoms with Crippen molar-refractivity contribution in [1.29, 1.82) is 0 Å². The predicted octanol–water partition coefficient (Wildman–Crippen LogP) is 4.92. The molecule has 0 spiro atoms. The standard InChI is InChI=1S/C15H9BrF5NO2/c16-8-4-5-9(12(6-8)24-7-15(19,20)21)14(23)22-13-10(17)2-1-3-11(13)18/h1-6H,7H2,(H,22,23). The first kappa shape index (κ1) is 18.2. The van der Waals surface area contributed by atoms with Gasteiger partial charge < -0.3 is 10.1 Å². The Balaban J connectivity index is 2.29. The zero-order valence-electron chi connectivity index (χ0n) is 11.8. The molecule has 0 aromatic heterocycles. The van der Waals surface area contributed by atoms with E-state index in [-0.39, 0.29) is 11.3 Å². The minimum absolute atomic E-state index is 0.301. The Bertz CT molecular complexity index is 744. The van der Waals surface area contributed by atoms with Crippen molar-refractivity contribution in [3.8, 4) is 5.75 Å². The lowest BCUT2D eigenvalue weighted by Crippen LogP contribution is -2.21. The molecular formula is C15H9BrF5NO2. The molecule has 0 bridgehead atoms. The highest BCUT2D eigenvalue weighted by molar-refractivity contribution is 9.10. The fourth-order valence-electron chi connectivity index (χ4n) is 1.76. The van der Waals surface area contributed by atoms with E-state index in [9.17, 15) is 26.7 Å². The average molecular weight is 410 g/mol. The van der Waals surface area contributed by atoms with E-state index in [1.807, 2.05) is 5.32 Å². The topological polar surface area (TPSA) is 38.3 Å². The molecule has 9 heteroatoms. The molecule has 0 unspecified atom stereocenters. The summed E-state index contributed by atoms with van der Waals surface area (Å²) in [6, 6.07) is 6.68. The number of ether oxygens (including phenoxy) is 1. The Morgan fingerprint density at radius 1 is 1.12 bits per heavy atom. The van der Waals surface area contributed by atoms with E-state index < -0.39 is 36.0 Å². The molecule has 1 amide bonds. The van der Waals surface area contributed by atoms with Crippen LogP contribution in [0.15, 0.2) is 40.9 Å². The molecule has 3 nitrogen and oxygen atoms in total. The second-order valence-electron chi connectivity index (χ2n) is 4.60. The average Bonchev–Trinajstić information content (AvgIpc) is 2.48. The number of hydrogen-bond donors (Lipinski definition) is 1. The molecule has 0 aliphatic heterocycles. The first-order chi connectivity index (χ1) is 11.2. The van der Waals surface area contributed by atoms with Crippen LogP contribution in [-0.4, -0.2) is 18.7 Å². The minimum Gasteiger partial charge on any atom is -0.483 e. The van der Waals surface area contributed by atoms with Gasteiger partial charge in [-0.15, -0.1) is 0 Å². The number of rotatable bonds is 4. The van der Waals surface area contributed by atoms with Crippen molar-refractivity contribution in [2.45, 2.75) is 6.18 Å². The molecule has 0 saturated heterocycles. The van der Waals surface area contributed by atoms with Gasteiger partial charge in [0.1, 0.15) is 23.1 Å². The number of hydrogen-bond acceptors (Lipinski definition) is 2. The summed E-state index contributed by atoms with van der Waals surface area (Å²) in [4.78, 5) is 12.2. The van der Waals surface area contributed by atoms with Gasteiger partial charge >= 0.3 is 6.18 Å². The molecule has 0 saturated carbocycles. The maximum absolute atomic E-state index is 13.6. The van der Waals surface area contributed by atoms with E-state index in [1.54, 1.807) is 0 Å². The van der Waals surface area contributed by atoms with Crippen LogP contribution in [0.1, 0.15) is 10.4 Å². The normalized spacial score (nSPS) is 11.2.